The Balaban J connectivity index is 2.86. The number of hydrogen-bond donors (Lipinski definition) is 1. The average molecular weight is 328 g/mol. The molecule has 0 saturated heterocycles. The number of aryl methyl sites for hydroxylation is 1. The molecule has 0 spiro atoms. The van der Waals surface area contributed by atoms with E-state index in [2.05, 4.69) is 68.0 Å². The summed E-state index contributed by atoms with van der Waals surface area (Å²) in [6, 6.07) is 4.27. The van der Waals surface area contributed by atoms with Gasteiger partial charge < -0.3 is 10.1 Å². The maximum Gasteiger partial charge on any atom is 0.127 e. The zero-order valence-corrected chi connectivity index (χ0v) is 14.3. The molecular weight excluding hydrogens is 302 g/mol. The Morgan fingerprint density at radius 3 is 2.53 bits per heavy atom. The van der Waals surface area contributed by atoms with E-state index < -0.39 is 0 Å². The molecule has 0 aliphatic heterocycles. The van der Waals surface area contributed by atoms with Gasteiger partial charge in [0.05, 0.1) is 6.10 Å². The Kier molecular flexibility index (Phi) is 6.87. The summed E-state index contributed by atoms with van der Waals surface area (Å²) < 4.78 is 7.19. The Hall–Kier alpha value is -0.540. The normalized spacial score (nSPS) is 12.8. The van der Waals surface area contributed by atoms with Gasteiger partial charge in [-0.05, 0) is 50.4 Å². The van der Waals surface area contributed by atoms with Gasteiger partial charge in [0.2, 0.25) is 0 Å². The van der Waals surface area contributed by atoms with Gasteiger partial charge >= 0.3 is 0 Å². The molecule has 1 rings (SSSR count). The van der Waals surface area contributed by atoms with E-state index in [9.17, 15) is 0 Å². The fraction of sp³-hybridized carbons (Fsp3) is 0.625. The fourth-order valence-electron chi connectivity index (χ4n) is 1.88. The van der Waals surface area contributed by atoms with Crippen LogP contribution in [-0.2, 0) is 6.54 Å². The van der Waals surface area contributed by atoms with E-state index in [1.165, 1.54) is 11.1 Å². The number of benzene rings is 1. The van der Waals surface area contributed by atoms with Crippen molar-refractivity contribution in [3.05, 3.63) is 27.7 Å². The Bertz CT molecular complexity index is 404. The van der Waals surface area contributed by atoms with Gasteiger partial charge in [-0.3, -0.25) is 0 Å². The van der Waals surface area contributed by atoms with E-state index in [1.54, 1.807) is 0 Å². The van der Waals surface area contributed by atoms with Crippen LogP contribution < -0.4 is 10.1 Å². The minimum absolute atomic E-state index is 0.253. The van der Waals surface area contributed by atoms with Crippen LogP contribution in [0.2, 0.25) is 0 Å². The van der Waals surface area contributed by atoms with Crippen LogP contribution in [0.4, 0.5) is 0 Å². The molecule has 0 saturated carbocycles. The van der Waals surface area contributed by atoms with Crippen molar-refractivity contribution in [3.63, 3.8) is 0 Å². The molecule has 0 amide bonds. The molecule has 1 N–H and O–H groups in total. The molecule has 1 atom stereocenters. The minimum atomic E-state index is 0.253. The predicted octanol–water partition coefficient (Wildman–Crippen LogP) is 4.68. The van der Waals surface area contributed by atoms with Crippen LogP contribution >= 0.6 is 15.9 Å². The minimum Gasteiger partial charge on any atom is -0.490 e. The highest BCUT2D eigenvalue weighted by Gasteiger charge is 2.11. The van der Waals surface area contributed by atoms with Crippen LogP contribution in [-0.4, -0.2) is 12.6 Å². The lowest BCUT2D eigenvalue weighted by atomic mass is 10.1. The van der Waals surface area contributed by atoms with Crippen LogP contribution in [0.1, 0.15) is 45.2 Å². The summed E-state index contributed by atoms with van der Waals surface area (Å²) in [5, 5.41) is 3.49. The molecule has 2 nitrogen and oxygen atoms in total. The molecule has 19 heavy (non-hydrogen) atoms. The monoisotopic (exact) mass is 327 g/mol. The van der Waals surface area contributed by atoms with Gasteiger partial charge in [0.15, 0.2) is 0 Å². The lowest BCUT2D eigenvalue weighted by molar-refractivity contribution is 0.213. The second kappa shape index (κ2) is 7.91. The van der Waals surface area contributed by atoms with Crippen LogP contribution in [0.5, 0.6) is 5.75 Å². The van der Waals surface area contributed by atoms with E-state index in [1.807, 2.05) is 0 Å². The Morgan fingerprint density at radius 2 is 1.95 bits per heavy atom. The van der Waals surface area contributed by atoms with Crippen molar-refractivity contribution in [2.24, 2.45) is 5.92 Å². The molecule has 3 heteroatoms. The molecule has 0 fully saturated rings. The van der Waals surface area contributed by atoms with Crippen molar-refractivity contribution in [2.45, 2.75) is 53.7 Å². The molecule has 1 aromatic carbocycles. The molecule has 0 heterocycles. The summed E-state index contributed by atoms with van der Waals surface area (Å²) in [4.78, 5) is 0. The van der Waals surface area contributed by atoms with Crippen molar-refractivity contribution >= 4 is 15.9 Å². The smallest absolute Gasteiger partial charge is 0.127 e. The average Bonchev–Trinajstić information content (AvgIpc) is 2.32. The van der Waals surface area contributed by atoms with E-state index >= 15 is 0 Å². The van der Waals surface area contributed by atoms with Gasteiger partial charge in [0.25, 0.3) is 0 Å². The first kappa shape index (κ1) is 16.5. The summed E-state index contributed by atoms with van der Waals surface area (Å²) in [5.41, 5.74) is 2.42. The van der Waals surface area contributed by atoms with Crippen LogP contribution in [0.3, 0.4) is 0 Å². The molecule has 0 radical (unpaired) electrons. The van der Waals surface area contributed by atoms with Crippen LogP contribution in [0, 0.1) is 12.8 Å². The number of ether oxygens (including phenoxy) is 1. The standard InChI is InChI=1S/C16H26BrNO/c1-6-13(5)19-16-12(4)7-15(17)8-14(16)10-18-9-11(2)3/h7-8,11,13,18H,6,9-10H2,1-5H3. The quantitative estimate of drug-likeness (QED) is 0.785. The third-order valence-electron chi connectivity index (χ3n) is 3.08. The van der Waals surface area contributed by atoms with Crippen molar-refractivity contribution in [1.82, 2.24) is 5.32 Å². The second-order valence-electron chi connectivity index (χ2n) is 5.57. The number of rotatable bonds is 7. The molecule has 0 bridgehead atoms. The topological polar surface area (TPSA) is 21.3 Å². The first-order valence-corrected chi connectivity index (χ1v) is 7.89. The van der Waals surface area contributed by atoms with E-state index in [-0.39, 0.29) is 6.10 Å². The Morgan fingerprint density at radius 1 is 1.26 bits per heavy atom. The number of nitrogens with one attached hydrogen (secondary N) is 1. The number of halogens is 1. The summed E-state index contributed by atoms with van der Waals surface area (Å²) in [5.74, 6) is 1.70. The largest absolute Gasteiger partial charge is 0.490 e. The van der Waals surface area contributed by atoms with Gasteiger partial charge in [-0.2, -0.15) is 0 Å². The van der Waals surface area contributed by atoms with E-state index in [0.29, 0.717) is 5.92 Å². The van der Waals surface area contributed by atoms with Gasteiger partial charge in [0.1, 0.15) is 5.75 Å². The highest BCUT2D eigenvalue weighted by atomic mass is 79.9. The molecule has 108 valence electrons. The van der Waals surface area contributed by atoms with E-state index in [0.717, 1.165) is 29.7 Å². The Labute approximate surface area is 126 Å². The second-order valence-corrected chi connectivity index (χ2v) is 6.49. The van der Waals surface area contributed by atoms with Gasteiger partial charge in [-0.15, -0.1) is 0 Å². The maximum absolute atomic E-state index is 6.08. The molecular formula is C16H26BrNO. The summed E-state index contributed by atoms with van der Waals surface area (Å²) in [7, 11) is 0. The zero-order chi connectivity index (χ0) is 14.4. The zero-order valence-electron chi connectivity index (χ0n) is 12.7. The first-order chi connectivity index (χ1) is 8.93. The molecule has 0 aromatic heterocycles. The molecule has 0 aliphatic carbocycles. The van der Waals surface area contributed by atoms with Crippen molar-refractivity contribution < 1.29 is 4.74 Å². The highest BCUT2D eigenvalue weighted by molar-refractivity contribution is 9.10. The lowest BCUT2D eigenvalue weighted by Gasteiger charge is -2.19. The summed E-state index contributed by atoms with van der Waals surface area (Å²) >= 11 is 3.57. The first-order valence-electron chi connectivity index (χ1n) is 7.10. The van der Waals surface area contributed by atoms with Crippen LogP contribution in [0.15, 0.2) is 16.6 Å². The third kappa shape index (κ3) is 5.53. The summed E-state index contributed by atoms with van der Waals surface area (Å²) in [6.45, 7) is 12.7. The SMILES string of the molecule is CCC(C)Oc1c(C)cc(Br)cc1CNCC(C)C. The van der Waals surface area contributed by atoms with Crippen molar-refractivity contribution in [2.75, 3.05) is 6.54 Å². The third-order valence-corrected chi connectivity index (χ3v) is 3.54. The van der Waals surface area contributed by atoms with Crippen molar-refractivity contribution in [1.29, 1.82) is 0 Å². The van der Waals surface area contributed by atoms with E-state index in [4.69, 9.17) is 4.74 Å². The molecule has 0 aliphatic rings. The maximum atomic E-state index is 6.08. The predicted molar refractivity (Wildman–Crippen MR) is 85.8 cm³/mol. The molecule has 1 unspecified atom stereocenters. The van der Waals surface area contributed by atoms with Gasteiger partial charge in [-0.25, -0.2) is 0 Å². The highest BCUT2D eigenvalue weighted by Crippen LogP contribution is 2.29. The molecule has 1 aromatic rings. The number of hydrogen-bond acceptors (Lipinski definition) is 2. The van der Waals surface area contributed by atoms with Gasteiger partial charge in [-0.1, -0.05) is 36.7 Å². The summed E-state index contributed by atoms with van der Waals surface area (Å²) in [6.07, 6.45) is 1.28. The van der Waals surface area contributed by atoms with Crippen molar-refractivity contribution in [3.8, 4) is 5.75 Å². The van der Waals surface area contributed by atoms with Crippen LogP contribution in [0.25, 0.3) is 0 Å². The van der Waals surface area contributed by atoms with Gasteiger partial charge in [0, 0.05) is 16.6 Å². The lowest BCUT2D eigenvalue weighted by Crippen LogP contribution is -2.20. The fourth-order valence-corrected chi connectivity index (χ4v) is 2.50.